The Morgan fingerprint density at radius 2 is 2.00 bits per heavy atom. The van der Waals surface area contributed by atoms with Gasteiger partial charge < -0.3 is 20.7 Å². The zero-order chi connectivity index (χ0) is 18.1. The molecule has 0 saturated carbocycles. The van der Waals surface area contributed by atoms with E-state index in [1.807, 2.05) is 39.0 Å². The Balaban J connectivity index is 2.62. The SMILES string of the molecule is CCC#CC(=O)NCC(=O)N[C@@H](Cc1ccc(C)cc1C)B(O)O. The molecule has 4 N–H and O–H groups in total. The summed E-state index contributed by atoms with van der Waals surface area (Å²) in [6.07, 6.45) is 0.827. The first-order valence-electron chi connectivity index (χ1n) is 7.81. The van der Waals surface area contributed by atoms with Gasteiger partial charge in [-0.15, -0.1) is 0 Å². The van der Waals surface area contributed by atoms with E-state index in [-0.39, 0.29) is 13.0 Å². The van der Waals surface area contributed by atoms with Crippen LogP contribution in [-0.4, -0.2) is 41.5 Å². The molecule has 0 heterocycles. The number of hydrogen-bond donors (Lipinski definition) is 4. The highest BCUT2D eigenvalue weighted by molar-refractivity contribution is 6.43. The van der Waals surface area contributed by atoms with E-state index in [9.17, 15) is 19.6 Å². The molecule has 0 bridgehead atoms. The van der Waals surface area contributed by atoms with E-state index in [1.54, 1.807) is 0 Å². The number of nitrogens with one attached hydrogen (secondary N) is 2. The molecule has 1 atom stereocenters. The van der Waals surface area contributed by atoms with E-state index in [0.717, 1.165) is 16.7 Å². The Morgan fingerprint density at radius 1 is 1.29 bits per heavy atom. The van der Waals surface area contributed by atoms with Gasteiger partial charge in [0.1, 0.15) is 0 Å². The Kier molecular flexibility index (Phi) is 8.03. The number of carbonyl (C=O) groups is 2. The van der Waals surface area contributed by atoms with Gasteiger partial charge in [0.2, 0.25) is 5.91 Å². The maximum absolute atomic E-state index is 11.9. The standard InChI is InChI=1S/C17H23BN2O4/c1-4-5-6-16(21)19-11-17(22)20-15(18(23)24)10-14-8-7-12(2)9-13(14)3/h7-9,15,23-24H,4,10-11H2,1-3H3,(H,19,21)(H,20,22)/t15-/m0/s1. The topological polar surface area (TPSA) is 98.7 Å². The fourth-order valence-corrected chi connectivity index (χ4v) is 2.17. The molecule has 0 aliphatic heterocycles. The molecule has 2 amide bonds. The van der Waals surface area contributed by atoms with E-state index in [0.29, 0.717) is 6.42 Å². The summed E-state index contributed by atoms with van der Waals surface area (Å²) in [7, 11) is -1.70. The van der Waals surface area contributed by atoms with Crippen LogP contribution in [0.1, 0.15) is 30.0 Å². The first kappa shape index (κ1) is 19.8. The van der Waals surface area contributed by atoms with Crippen LogP contribution in [0.5, 0.6) is 0 Å². The molecule has 0 aromatic heterocycles. The second-order valence-corrected chi connectivity index (χ2v) is 5.56. The quantitative estimate of drug-likeness (QED) is 0.431. The summed E-state index contributed by atoms with van der Waals surface area (Å²) < 4.78 is 0. The van der Waals surface area contributed by atoms with Crippen molar-refractivity contribution >= 4 is 18.9 Å². The third-order valence-electron chi connectivity index (χ3n) is 3.43. The summed E-state index contributed by atoms with van der Waals surface area (Å²) >= 11 is 0. The van der Waals surface area contributed by atoms with Gasteiger partial charge in [-0.2, -0.15) is 0 Å². The van der Waals surface area contributed by atoms with E-state index >= 15 is 0 Å². The summed E-state index contributed by atoms with van der Waals surface area (Å²) in [6.45, 7) is 5.44. The molecule has 0 spiro atoms. The second-order valence-electron chi connectivity index (χ2n) is 5.56. The van der Waals surface area contributed by atoms with Gasteiger partial charge in [-0.25, -0.2) is 0 Å². The van der Waals surface area contributed by atoms with Crippen LogP contribution < -0.4 is 10.6 Å². The molecule has 1 aromatic rings. The number of rotatable bonds is 6. The van der Waals surface area contributed by atoms with Gasteiger partial charge in [-0.1, -0.05) is 36.6 Å². The van der Waals surface area contributed by atoms with Crippen molar-refractivity contribution in [3.63, 3.8) is 0 Å². The predicted octanol–water partition coefficient (Wildman–Crippen LogP) is -0.128. The maximum atomic E-state index is 11.9. The molecule has 24 heavy (non-hydrogen) atoms. The number of aryl methyl sites for hydroxylation is 2. The highest BCUT2D eigenvalue weighted by Gasteiger charge is 2.26. The normalized spacial score (nSPS) is 11.0. The van der Waals surface area contributed by atoms with Crippen LogP contribution in [-0.2, 0) is 16.0 Å². The molecular formula is C17H23BN2O4. The van der Waals surface area contributed by atoms with Gasteiger partial charge >= 0.3 is 7.12 Å². The van der Waals surface area contributed by atoms with Gasteiger partial charge in [-0.05, 0) is 37.3 Å². The van der Waals surface area contributed by atoms with Crippen molar-refractivity contribution in [1.29, 1.82) is 0 Å². The molecule has 1 rings (SSSR count). The molecule has 7 heteroatoms. The van der Waals surface area contributed by atoms with Crippen LogP contribution in [0, 0.1) is 25.7 Å². The maximum Gasteiger partial charge on any atom is 0.475 e. The first-order valence-corrected chi connectivity index (χ1v) is 7.81. The second kappa shape index (κ2) is 9.76. The van der Waals surface area contributed by atoms with Crippen molar-refractivity contribution < 1.29 is 19.6 Å². The van der Waals surface area contributed by atoms with Crippen molar-refractivity contribution in [1.82, 2.24) is 10.6 Å². The van der Waals surface area contributed by atoms with Crippen LogP contribution in [0.4, 0.5) is 0 Å². The van der Waals surface area contributed by atoms with Gasteiger partial charge in [-0.3, -0.25) is 9.59 Å². The Hall–Kier alpha value is -2.30. The smallest absolute Gasteiger partial charge is 0.426 e. The number of carbonyl (C=O) groups excluding carboxylic acids is 2. The largest absolute Gasteiger partial charge is 0.475 e. The number of benzene rings is 1. The van der Waals surface area contributed by atoms with Crippen molar-refractivity contribution in [2.24, 2.45) is 0 Å². The van der Waals surface area contributed by atoms with Crippen molar-refractivity contribution in [2.45, 2.75) is 39.6 Å². The minimum atomic E-state index is -1.70. The van der Waals surface area contributed by atoms with Gasteiger partial charge in [0.15, 0.2) is 0 Å². The summed E-state index contributed by atoms with van der Waals surface area (Å²) in [5.74, 6) is 3.03. The van der Waals surface area contributed by atoms with Gasteiger partial charge in [0, 0.05) is 6.42 Å². The molecule has 6 nitrogen and oxygen atoms in total. The highest BCUT2D eigenvalue weighted by atomic mass is 16.4. The first-order chi connectivity index (χ1) is 11.3. The summed E-state index contributed by atoms with van der Waals surface area (Å²) in [5, 5.41) is 23.9. The van der Waals surface area contributed by atoms with Crippen LogP contribution in [0.3, 0.4) is 0 Å². The lowest BCUT2D eigenvalue weighted by atomic mass is 9.75. The van der Waals surface area contributed by atoms with Gasteiger partial charge in [0.05, 0.1) is 12.5 Å². The van der Waals surface area contributed by atoms with E-state index < -0.39 is 24.9 Å². The van der Waals surface area contributed by atoms with Crippen LogP contribution in [0.25, 0.3) is 0 Å². The van der Waals surface area contributed by atoms with E-state index in [2.05, 4.69) is 22.5 Å². The molecule has 1 aromatic carbocycles. The minimum absolute atomic E-state index is 0.271. The van der Waals surface area contributed by atoms with Crippen molar-refractivity contribution in [3.8, 4) is 11.8 Å². The molecule has 0 aliphatic carbocycles. The Morgan fingerprint density at radius 3 is 2.58 bits per heavy atom. The van der Waals surface area contributed by atoms with Gasteiger partial charge in [0.25, 0.3) is 5.91 Å². The molecule has 0 saturated heterocycles. The number of amides is 2. The van der Waals surface area contributed by atoms with Crippen LogP contribution in [0.15, 0.2) is 18.2 Å². The lowest BCUT2D eigenvalue weighted by Crippen LogP contribution is -2.50. The molecule has 0 radical (unpaired) electrons. The fourth-order valence-electron chi connectivity index (χ4n) is 2.17. The molecular weight excluding hydrogens is 307 g/mol. The third kappa shape index (κ3) is 6.86. The average Bonchev–Trinajstić information content (AvgIpc) is 2.52. The lowest BCUT2D eigenvalue weighted by molar-refractivity contribution is -0.123. The zero-order valence-corrected chi connectivity index (χ0v) is 14.2. The van der Waals surface area contributed by atoms with Crippen LogP contribution >= 0.6 is 0 Å². The zero-order valence-electron chi connectivity index (χ0n) is 14.2. The molecule has 0 unspecified atom stereocenters. The predicted molar refractivity (Wildman–Crippen MR) is 92.8 cm³/mol. The Labute approximate surface area is 142 Å². The average molecular weight is 330 g/mol. The molecule has 128 valence electrons. The summed E-state index contributed by atoms with van der Waals surface area (Å²) in [5.41, 5.74) is 3.03. The van der Waals surface area contributed by atoms with Crippen molar-refractivity contribution in [2.75, 3.05) is 6.54 Å². The van der Waals surface area contributed by atoms with Crippen molar-refractivity contribution in [3.05, 3.63) is 34.9 Å². The van der Waals surface area contributed by atoms with E-state index in [1.165, 1.54) is 0 Å². The highest BCUT2D eigenvalue weighted by Crippen LogP contribution is 2.13. The van der Waals surface area contributed by atoms with E-state index in [4.69, 9.17) is 0 Å². The monoisotopic (exact) mass is 330 g/mol. The number of hydrogen-bond acceptors (Lipinski definition) is 4. The van der Waals surface area contributed by atoms with Crippen LogP contribution in [0.2, 0.25) is 0 Å². The minimum Gasteiger partial charge on any atom is -0.426 e. The Bertz CT molecular complexity index is 650. The third-order valence-corrected chi connectivity index (χ3v) is 3.43. The fraction of sp³-hybridized carbons (Fsp3) is 0.412. The summed E-state index contributed by atoms with van der Waals surface area (Å²) in [4.78, 5) is 23.2. The molecule has 0 aliphatic rings. The lowest BCUT2D eigenvalue weighted by Gasteiger charge is -2.19. The summed E-state index contributed by atoms with van der Waals surface area (Å²) in [6, 6.07) is 5.82. The molecule has 0 fully saturated rings.